The average Bonchev–Trinajstić information content (AvgIpc) is 2.51. The van der Waals surface area contributed by atoms with Gasteiger partial charge in [0.25, 0.3) is 0 Å². The predicted molar refractivity (Wildman–Crippen MR) is 94.1 cm³/mol. The Hall–Kier alpha value is -0.120. The van der Waals surface area contributed by atoms with E-state index in [1.54, 1.807) is 0 Å². The number of unbranched alkanes of at least 4 members (excludes halogenated alkanes) is 13. The van der Waals surface area contributed by atoms with Crippen LogP contribution in [0.25, 0.3) is 0 Å². The monoisotopic (exact) mass is 316 g/mol. The van der Waals surface area contributed by atoms with Crippen molar-refractivity contribution >= 4 is 0 Å². The SMILES string of the molecule is OCCCCCCCCCCCCCCCCC(O)CCO. The molecule has 0 aromatic rings. The second-order valence-electron chi connectivity index (χ2n) is 6.63. The molecule has 0 saturated heterocycles. The number of aliphatic hydroxyl groups excluding tert-OH is 3. The summed E-state index contributed by atoms with van der Waals surface area (Å²) in [5.41, 5.74) is 0. The van der Waals surface area contributed by atoms with E-state index in [4.69, 9.17) is 10.2 Å². The molecule has 0 heterocycles. The van der Waals surface area contributed by atoms with Gasteiger partial charge in [-0.25, -0.2) is 0 Å². The van der Waals surface area contributed by atoms with E-state index in [2.05, 4.69) is 0 Å². The van der Waals surface area contributed by atoms with Crippen LogP contribution in [-0.2, 0) is 0 Å². The second-order valence-corrected chi connectivity index (χ2v) is 6.63. The number of hydrogen-bond acceptors (Lipinski definition) is 3. The highest BCUT2D eigenvalue weighted by atomic mass is 16.3. The van der Waals surface area contributed by atoms with E-state index < -0.39 is 0 Å². The molecule has 22 heavy (non-hydrogen) atoms. The van der Waals surface area contributed by atoms with Gasteiger partial charge in [-0.15, -0.1) is 0 Å². The van der Waals surface area contributed by atoms with E-state index in [0.29, 0.717) is 13.0 Å². The van der Waals surface area contributed by atoms with Crippen molar-refractivity contribution in [2.75, 3.05) is 13.2 Å². The molecular weight excluding hydrogens is 276 g/mol. The van der Waals surface area contributed by atoms with E-state index in [-0.39, 0.29) is 12.7 Å². The largest absolute Gasteiger partial charge is 0.396 e. The summed E-state index contributed by atoms with van der Waals surface area (Å²) in [6.45, 7) is 0.451. The van der Waals surface area contributed by atoms with Crippen LogP contribution in [-0.4, -0.2) is 34.6 Å². The second kappa shape index (κ2) is 18.9. The minimum absolute atomic E-state index is 0.101. The molecule has 0 rings (SSSR count). The first-order chi connectivity index (χ1) is 10.8. The average molecular weight is 317 g/mol. The van der Waals surface area contributed by atoms with Crippen molar-refractivity contribution in [2.45, 2.75) is 109 Å². The van der Waals surface area contributed by atoms with E-state index in [1.807, 2.05) is 0 Å². The predicted octanol–water partition coefficient (Wildman–Crippen LogP) is 4.57. The molecule has 0 fully saturated rings. The van der Waals surface area contributed by atoms with Crippen LogP contribution in [0, 0.1) is 0 Å². The highest BCUT2D eigenvalue weighted by molar-refractivity contribution is 4.55. The Morgan fingerprint density at radius 2 is 0.773 bits per heavy atom. The summed E-state index contributed by atoms with van der Waals surface area (Å²) in [5, 5.41) is 26.9. The molecule has 0 aliphatic carbocycles. The summed E-state index contributed by atoms with van der Waals surface area (Å²) < 4.78 is 0. The number of aliphatic hydroxyl groups is 3. The van der Waals surface area contributed by atoms with Crippen LogP contribution in [0.15, 0.2) is 0 Å². The Labute approximate surface area is 138 Å². The molecule has 0 amide bonds. The number of hydrogen-bond donors (Lipinski definition) is 3. The molecule has 0 radical (unpaired) electrons. The maximum absolute atomic E-state index is 9.48. The van der Waals surface area contributed by atoms with Gasteiger partial charge < -0.3 is 15.3 Å². The van der Waals surface area contributed by atoms with Crippen molar-refractivity contribution in [3.05, 3.63) is 0 Å². The molecule has 3 nitrogen and oxygen atoms in total. The molecule has 3 heteroatoms. The summed E-state index contributed by atoms with van der Waals surface area (Å²) in [4.78, 5) is 0. The Balaban J connectivity index is 3.00. The van der Waals surface area contributed by atoms with Crippen molar-refractivity contribution in [1.29, 1.82) is 0 Å². The Kier molecular flexibility index (Phi) is 18.8. The Morgan fingerprint density at radius 3 is 1.14 bits per heavy atom. The first-order valence-corrected chi connectivity index (χ1v) is 9.71. The van der Waals surface area contributed by atoms with Crippen molar-refractivity contribution in [3.8, 4) is 0 Å². The Bertz CT molecular complexity index is 197. The standard InChI is InChI=1S/C19H40O3/c20-17-14-12-10-8-6-4-2-1-3-5-7-9-11-13-15-19(22)16-18-21/h19-22H,1-18H2. The van der Waals surface area contributed by atoms with Crippen LogP contribution in [0.4, 0.5) is 0 Å². The van der Waals surface area contributed by atoms with Gasteiger partial charge in [0.2, 0.25) is 0 Å². The van der Waals surface area contributed by atoms with Gasteiger partial charge in [0.05, 0.1) is 6.10 Å². The zero-order valence-corrected chi connectivity index (χ0v) is 14.6. The zero-order chi connectivity index (χ0) is 16.3. The van der Waals surface area contributed by atoms with Crippen molar-refractivity contribution in [3.63, 3.8) is 0 Å². The van der Waals surface area contributed by atoms with Crippen LogP contribution >= 0.6 is 0 Å². The smallest absolute Gasteiger partial charge is 0.0562 e. The van der Waals surface area contributed by atoms with E-state index in [0.717, 1.165) is 19.3 Å². The van der Waals surface area contributed by atoms with Gasteiger partial charge in [0.1, 0.15) is 0 Å². The minimum atomic E-state index is -0.298. The topological polar surface area (TPSA) is 60.7 Å². The van der Waals surface area contributed by atoms with Crippen molar-refractivity contribution in [1.82, 2.24) is 0 Å². The lowest BCUT2D eigenvalue weighted by Crippen LogP contribution is -2.08. The van der Waals surface area contributed by atoms with Gasteiger partial charge in [-0.05, 0) is 19.3 Å². The van der Waals surface area contributed by atoms with Crippen LogP contribution in [0.1, 0.15) is 103 Å². The first-order valence-electron chi connectivity index (χ1n) is 9.71. The number of rotatable bonds is 18. The van der Waals surface area contributed by atoms with Crippen LogP contribution in [0.2, 0.25) is 0 Å². The third-order valence-electron chi connectivity index (χ3n) is 4.41. The van der Waals surface area contributed by atoms with Gasteiger partial charge >= 0.3 is 0 Å². The molecule has 0 saturated carbocycles. The maximum atomic E-state index is 9.48. The molecule has 3 N–H and O–H groups in total. The molecule has 0 aliphatic heterocycles. The molecule has 0 aromatic carbocycles. The third-order valence-corrected chi connectivity index (χ3v) is 4.41. The van der Waals surface area contributed by atoms with E-state index >= 15 is 0 Å². The maximum Gasteiger partial charge on any atom is 0.0562 e. The molecule has 0 aromatic heterocycles. The summed E-state index contributed by atoms with van der Waals surface area (Å²) in [5.74, 6) is 0. The third kappa shape index (κ3) is 17.9. The fraction of sp³-hybridized carbons (Fsp3) is 1.00. The van der Waals surface area contributed by atoms with Crippen molar-refractivity contribution in [2.24, 2.45) is 0 Å². The van der Waals surface area contributed by atoms with E-state index in [1.165, 1.54) is 77.0 Å². The van der Waals surface area contributed by atoms with E-state index in [9.17, 15) is 5.11 Å². The van der Waals surface area contributed by atoms with Gasteiger partial charge in [0.15, 0.2) is 0 Å². The van der Waals surface area contributed by atoms with Gasteiger partial charge in [-0.2, -0.15) is 0 Å². The summed E-state index contributed by atoms with van der Waals surface area (Å²) in [7, 11) is 0. The van der Waals surface area contributed by atoms with Crippen LogP contribution in [0.5, 0.6) is 0 Å². The Morgan fingerprint density at radius 1 is 0.409 bits per heavy atom. The lowest BCUT2D eigenvalue weighted by atomic mass is 10.0. The quantitative estimate of drug-likeness (QED) is 0.325. The molecular formula is C19H40O3. The summed E-state index contributed by atoms with van der Waals surface area (Å²) in [6, 6.07) is 0. The highest BCUT2D eigenvalue weighted by Crippen LogP contribution is 2.14. The lowest BCUT2D eigenvalue weighted by Gasteiger charge is -2.08. The first kappa shape index (κ1) is 21.9. The van der Waals surface area contributed by atoms with Crippen LogP contribution < -0.4 is 0 Å². The minimum Gasteiger partial charge on any atom is -0.396 e. The fourth-order valence-electron chi connectivity index (χ4n) is 2.91. The molecule has 1 unspecified atom stereocenters. The summed E-state index contributed by atoms with van der Waals surface area (Å²) in [6.07, 6.45) is 19.0. The molecule has 0 bridgehead atoms. The van der Waals surface area contributed by atoms with Gasteiger partial charge in [-0.1, -0.05) is 83.5 Å². The van der Waals surface area contributed by atoms with Gasteiger partial charge in [0, 0.05) is 13.2 Å². The normalized spacial score (nSPS) is 12.7. The zero-order valence-electron chi connectivity index (χ0n) is 14.6. The molecule has 134 valence electrons. The molecule has 0 aliphatic rings. The lowest BCUT2D eigenvalue weighted by molar-refractivity contribution is 0.122. The van der Waals surface area contributed by atoms with Gasteiger partial charge in [-0.3, -0.25) is 0 Å². The van der Waals surface area contributed by atoms with Crippen LogP contribution in [0.3, 0.4) is 0 Å². The molecule has 1 atom stereocenters. The van der Waals surface area contributed by atoms with Crippen molar-refractivity contribution < 1.29 is 15.3 Å². The highest BCUT2D eigenvalue weighted by Gasteiger charge is 2.02. The fourth-order valence-corrected chi connectivity index (χ4v) is 2.91. The molecule has 0 spiro atoms. The summed E-state index contributed by atoms with van der Waals surface area (Å²) >= 11 is 0.